The highest BCUT2D eigenvalue weighted by Gasteiger charge is 2.26. The highest BCUT2D eigenvalue weighted by atomic mass is 32.2. The molecule has 1 aromatic carbocycles. The molecule has 2 aliphatic carbocycles. The Labute approximate surface area is 152 Å². The first-order valence-corrected chi connectivity index (χ1v) is 10.2. The van der Waals surface area contributed by atoms with E-state index >= 15 is 0 Å². The average Bonchev–Trinajstić information content (AvgIpc) is 3.23. The van der Waals surface area contributed by atoms with E-state index in [-0.39, 0.29) is 5.03 Å². The lowest BCUT2D eigenvalue weighted by Crippen LogP contribution is -2.35. The topological polar surface area (TPSA) is 101 Å². The van der Waals surface area contributed by atoms with E-state index < -0.39 is 16.1 Å². The molecule has 2 aliphatic rings. The second-order valence-electron chi connectivity index (χ2n) is 6.79. The van der Waals surface area contributed by atoms with Crippen molar-refractivity contribution in [3.05, 3.63) is 46.4 Å². The van der Waals surface area contributed by atoms with Crippen molar-refractivity contribution in [2.75, 3.05) is 5.32 Å². The Morgan fingerprint density at radius 3 is 2.31 bits per heavy atom. The monoisotopic (exact) mass is 372 g/mol. The third-order valence-corrected chi connectivity index (χ3v) is 6.15. The molecule has 0 unspecified atom stereocenters. The van der Waals surface area contributed by atoms with Crippen LogP contribution in [0.4, 0.5) is 10.5 Å². The Balaban J connectivity index is 1.60. The number of nitrogens with one attached hydrogen (secondary N) is 2. The van der Waals surface area contributed by atoms with E-state index in [2.05, 4.69) is 26.1 Å². The van der Waals surface area contributed by atoms with Gasteiger partial charge in [0.2, 0.25) is 0 Å². The summed E-state index contributed by atoms with van der Waals surface area (Å²) in [5.74, 6) is 0. The van der Waals surface area contributed by atoms with E-state index in [0.717, 1.165) is 61.5 Å². The number of anilines is 1. The quantitative estimate of drug-likeness (QED) is 0.861. The number of sulfonamides is 1. The largest absolute Gasteiger partial charge is 0.333 e. The molecule has 8 heteroatoms. The fourth-order valence-corrected chi connectivity index (χ4v) is 4.71. The van der Waals surface area contributed by atoms with Crippen LogP contribution in [0.3, 0.4) is 0 Å². The van der Waals surface area contributed by atoms with Gasteiger partial charge in [-0.1, -0.05) is 6.07 Å². The first kappa shape index (κ1) is 17.0. The van der Waals surface area contributed by atoms with Crippen molar-refractivity contribution in [1.82, 2.24) is 14.7 Å². The molecule has 7 nitrogen and oxygen atoms in total. The highest BCUT2D eigenvalue weighted by molar-refractivity contribution is 7.90. The fourth-order valence-electron chi connectivity index (χ4n) is 3.85. The van der Waals surface area contributed by atoms with Crippen molar-refractivity contribution >= 4 is 21.7 Å². The van der Waals surface area contributed by atoms with Gasteiger partial charge >= 0.3 is 6.03 Å². The van der Waals surface area contributed by atoms with Crippen molar-refractivity contribution in [1.29, 1.82) is 0 Å². The van der Waals surface area contributed by atoms with Gasteiger partial charge in [-0.2, -0.15) is 8.42 Å². The summed E-state index contributed by atoms with van der Waals surface area (Å²) in [5, 5.41) is 2.54. The Morgan fingerprint density at radius 2 is 1.69 bits per heavy atom. The van der Waals surface area contributed by atoms with Crippen LogP contribution in [0.1, 0.15) is 40.8 Å². The molecule has 26 heavy (non-hydrogen) atoms. The molecule has 1 heterocycles. The average molecular weight is 372 g/mol. The molecule has 0 atom stereocenters. The Kier molecular flexibility index (Phi) is 4.14. The van der Waals surface area contributed by atoms with Crippen LogP contribution in [0.5, 0.6) is 0 Å². The summed E-state index contributed by atoms with van der Waals surface area (Å²) in [4.78, 5) is 20.2. The van der Waals surface area contributed by atoms with E-state index in [0.29, 0.717) is 5.69 Å². The second-order valence-corrected chi connectivity index (χ2v) is 8.42. The number of nitrogens with zero attached hydrogens (tertiary/aromatic N) is 2. The number of aromatic nitrogens is 2. The smallest absolute Gasteiger partial charge is 0.307 e. The molecule has 2 aromatic rings. The number of hydrogen-bond acceptors (Lipinski definition) is 5. The van der Waals surface area contributed by atoms with Gasteiger partial charge in [0, 0.05) is 11.9 Å². The van der Waals surface area contributed by atoms with Crippen LogP contribution in [-0.4, -0.2) is 24.4 Å². The van der Waals surface area contributed by atoms with E-state index in [4.69, 9.17) is 0 Å². The van der Waals surface area contributed by atoms with E-state index in [9.17, 15) is 13.2 Å². The number of carbonyl (C=O) groups is 1. The molecular formula is C18H20N4O3S. The Morgan fingerprint density at radius 1 is 1.04 bits per heavy atom. The number of aryl methyl sites for hydroxylation is 3. The van der Waals surface area contributed by atoms with Gasteiger partial charge < -0.3 is 5.32 Å². The fraction of sp³-hybridized carbons (Fsp3) is 0.389. The minimum absolute atomic E-state index is 0.267. The van der Waals surface area contributed by atoms with Crippen molar-refractivity contribution < 1.29 is 13.2 Å². The molecule has 2 N–H and O–H groups in total. The normalized spacial score (nSPS) is 15.4. The van der Waals surface area contributed by atoms with Crippen molar-refractivity contribution in [3.8, 4) is 0 Å². The van der Waals surface area contributed by atoms with Crippen molar-refractivity contribution in [2.24, 2.45) is 0 Å². The standard InChI is InChI=1S/C18H20N4O3S/c1-11-9-19-10-16(20-11)26(24,25)22-18(23)21-17-14-6-2-4-12(14)8-13-5-3-7-15(13)17/h8-10H,2-7H2,1H3,(H2,21,22,23). The number of rotatable bonds is 3. The van der Waals surface area contributed by atoms with Gasteiger partial charge in [-0.05, 0) is 67.7 Å². The maximum atomic E-state index is 12.4. The molecule has 136 valence electrons. The number of benzene rings is 1. The lowest BCUT2D eigenvalue weighted by molar-refractivity contribution is 0.256. The van der Waals surface area contributed by atoms with E-state index in [1.807, 2.05) is 0 Å². The molecule has 0 bridgehead atoms. The van der Waals surface area contributed by atoms with Crippen LogP contribution in [0.2, 0.25) is 0 Å². The summed E-state index contributed by atoms with van der Waals surface area (Å²) in [5.41, 5.74) is 6.10. The van der Waals surface area contributed by atoms with Gasteiger partial charge in [0.1, 0.15) is 0 Å². The van der Waals surface area contributed by atoms with Gasteiger partial charge in [-0.15, -0.1) is 0 Å². The van der Waals surface area contributed by atoms with Crippen LogP contribution in [-0.2, 0) is 35.7 Å². The minimum atomic E-state index is -4.07. The molecule has 0 saturated heterocycles. The number of fused-ring (bicyclic) bond motifs is 2. The summed E-state index contributed by atoms with van der Waals surface area (Å²) in [6.07, 6.45) is 8.54. The zero-order valence-electron chi connectivity index (χ0n) is 14.5. The zero-order valence-corrected chi connectivity index (χ0v) is 15.3. The van der Waals surface area contributed by atoms with Gasteiger partial charge in [0.25, 0.3) is 10.0 Å². The zero-order chi connectivity index (χ0) is 18.3. The molecule has 0 radical (unpaired) electrons. The number of urea groups is 1. The van der Waals surface area contributed by atoms with Crippen molar-refractivity contribution in [3.63, 3.8) is 0 Å². The SMILES string of the molecule is Cc1cncc(S(=O)(=O)NC(=O)Nc2c3c(cc4c2CCC4)CCC3)n1. The van der Waals surface area contributed by atoms with Crippen LogP contribution in [0.25, 0.3) is 0 Å². The predicted octanol–water partition coefficient (Wildman–Crippen LogP) is 2.27. The van der Waals surface area contributed by atoms with Gasteiger partial charge in [-0.25, -0.2) is 14.5 Å². The molecule has 1 aromatic heterocycles. The van der Waals surface area contributed by atoms with Crippen LogP contribution in [0.15, 0.2) is 23.5 Å². The van der Waals surface area contributed by atoms with Gasteiger partial charge in [0.15, 0.2) is 5.03 Å². The molecule has 2 amide bonds. The van der Waals surface area contributed by atoms with E-state index in [1.54, 1.807) is 6.92 Å². The van der Waals surface area contributed by atoms with Crippen LogP contribution in [0, 0.1) is 6.92 Å². The first-order chi connectivity index (χ1) is 12.4. The Hall–Kier alpha value is -2.48. The lowest BCUT2D eigenvalue weighted by Gasteiger charge is -2.16. The third-order valence-electron chi connectivity index (χ3n) is 4.95. The van der Waals surface area contributed by atoms with Crippen LogP contribution < -0.4 is 10.0 Å². The second kappa shape index (κ2) is 6.35. The van der Waals surface area contributed by atoms with Gasteiger partial charge in [-0.3, -0.25) is 4.98 Å². The number of hydrogen-bond donors (Lipinski definition) is 2. The number of carbonyl (C=O) groups excluding carboxylic acids is 1. The molecule has 4 rings (SSSR count). The van der Waals surface area contributed by atoms with Gasteiger partial charge in [0.05, 0.1) is 11.9 Å². The molecule has 0 saturated carbocycles. The third kappa shape index (κ3) is 3.05. The summed E-state index contributed by atoms with van der Waals surface area (Å²) < 4.78 is 26.8. The number of amides is 2. The molecule has 0 spiro atoms. The summed E-state index contributed by atoms with van der Waals surface area (Å²) in [6.45, 7) is 1.64. The van der Waals surface area contributed by atoms with Crippen molar-refractivity contribution in [2.45, 2.75) is 50.5 Å². The molecular weight excluding hydrogens is 352 g/mol. The maximum Gasteiger partial charge on any atom is 0.333 e. The Bertz CT molecular complexity index is 969. The molecule has 0 fully saturated rings. The first-order valence-electron chi connectivity index (χ1n) is 8.73. The summed E-state index contributed by atoms with van der Waals surface area (Å²) >= 11 is 0. The highest BCUT2D eigenvalue weighted by Crippen LogP contribution is 2.38. The predicted molar refractivity (Wildman–Crippen MR) is 96.6 cm³/mol. The minimum Gasteiger partial charge on any atom is -0.307 e. The summed E-state index contributed by atoms with van der Waals surface area (Å²) in [7, 11) is -4.07. The summed E-state index contributed by atoms with van der Waals surface area (Å²) in [6, 6.07) is 1.50. The molecule has 0 aliphatic heterocycles. The van der Waals surface area contributed by atoms with Crippen LogP contribution >= 0.6 is 0 Å². The van der Waals surface area contributed by atoms with E-state index in [1.165, 1.54) is 17.3 Å². The maximum absolute atomic E-state index is 12.4. The lowest BCUT2D eigenvalue weighted by atomic mass is 9.99.